The fraction of sp³-hybridized carbons (Fsp3) is 0. The van der Waals surface area contributed by atoms with Crippen LogP contribution in [0.1, 0.15) is 0 Å². The molecule has 0 aliphatic carbocycles. The van der Waals surface area contributed by atoms with Crippen LogP contribution in [0.25, 0.3) is 65.9 Å². The van der Waals surface area contributed by atoms with E-state index < -0.39 is 0 Å². The maximum Gasteiger partial charge on any atom is 0.137 e. The van der Waals surface area contributed by atoms with E-state index in [0.29, 0.717) is 0 Å². The molecule has 0 amide bonds. The molecule has 3 aromatic heterocycles. The number of anilines is 3. The zero-order chi connectivity index (χ0) is 28.3. The Morgan fingerprint density at radius 2 is 1.02 bits per heavy atom. The summed E-state index contributed by atoms with van der Waals surface area (Å²) >= 11 is 0. The van der Waals surface area contributed by atoms with Gasteiger partial charge in [-0.1, -0.05) is 66.7 Å². The lowest BCUT2D eigenvalue weighted by atomic mass is 10.0. The third-order valence-electron chi connectivity index (χ3n) is 8.29. The van der Waals surface area contributed by atoms with Crippen molar-refractivity contribution in [2.75, 3.05) is 4.90 Å². The molecule has 9 rings (SSSR count). The highest BCUT2D eigenvalue weighted by Gasteiger charge is 2.18. The monoisotopic (exact) mass is 552 g/mol. The highest BCUT2D eigenvalue weighted by atomic mass is 16.3. The van der Waals surface area contributed by atoms with Gasteiger partial charge in [-0.15, -0.1) is 0 Å². The predicted octanol–water partition coefficient (Wildman–Crippen LogP) is 11.2. The molecule has 0 saturated heterocycles. The van der Waals surface area contributed by atoms with Gasteiger partial charge in [0.25, 0.3) is 0 Å². The van der Waals surface area contributed by atoms with Crippen molar-refractivity contribution in [3.8, 4) is 11.1 Å². The number of nitrogens with zero attached hydrogens (tertiary/aromatic N) is 2. The molecule has 0 N–H and O–H groups in total. The van der Waals surface area contributed by atoms with Gasteiger partial charge in [-0.3, -0.25) is 4.98 Å². The molecule has 0 unspecified atom stereocenters. The molecule has 0 bridgehead atoms. The molecular weight excluding hydrogens is 528 g/mol. The van der Waals surface area contributed by atoms with Gasteiger partial charge in [-0.05, 0) is 77.9 Å². The number of hydrogen-bond donors (Lipinski definition) is 0. The van der Waals surface area contributed by atoms with Gasteiger partial charge in [0.05, 0.1) is 5.52 Å². The SMILES string of the molecule is c1ccc(-c2ccc(N(c3ccc4oc5ccccc5c4c3)c3ccc4oc5cc6ncccc6cc5c4c3)cc2)cc1. The first-order valence-electron chi connectivity index (χ1n) is 14.4. The van der Waals surface area contributed by atoms with Crippen LogP contribution in [-0.4, -0.2) is 4.98 Å². The Balaban J connectivity index is 1.25. The van der Waals surface area contributed by atoms with Gasteiger partial charge in [0.15, 0.2) is 0 Å². The third-order valence-corrected chi connectivity index (χ3v) is 8.29. The van der Waals surface area contributed by atoms with Gasteiger partial charge >= 0.3 is 0 Å². The van der Waals surface area contributed by atoms with Crippen LogP contribution in [0.15, 0.2) is 155 Å². The Morgan fingerprint density at radius 3 is 1.81 bits per heavy atom. The molecular formula is C39H24N2O2. The quantitative estimate of drug-likeness (QED) is 0.218. The number of rotatable bonds is 4. The molecule has 0 saturated carbocycles. The average Bonchev–Trinajstić information content (AvgIpc) is 3.62. The second-order valence-electron chi connectivity index (χ2n) is 10.9. The normalized spacial score (nSPS) is 11.7. The van der Waals surface area contributed by atoms with E-state index in [-0.39, 0.29) is 0 Å². The Bertz CT molecular complexity index is 2450. The summed E-state index contributed by atoms with van der Waals surface area (Å²) in [5, 5.41) is 5.43. The van der Waals surface area contributed by atoms with Crippen LogP contribution in [0.2, 0.25) is 0 Å². The fourth-order valence-corrected chi connectivity index (χ4v) is 6.21. The lowest BCUT2D eigenvalue weighted by Gasteiger charge is -2.26. The largest absolute Gasteiger partial charge is 0.456 e. The lowest BCUT2D eigenvalue weighted by Crippen LogP contribution is -2.09. The minimum Gasteiger partial charge on any atom is -0.456 e. The van der Waals surface area contributed by atoms with Crippen molar-refractivity contribution in [2.24, 2.45) is 0 Å². The topological polar surface area (TPSA) is 42.4 Å². The van der Waals surface area contributed by atoms with Gasteiger partial charge in [-0.25, -0.2) is 0 Å². The number of aromatic nitrogens is 1. The first-order chi connectivity index (χ1) is 21.3. The molecule has 3 heterocycles. The number of pyridine rings is 1. The predicted molar refractivity (Wildman–Crippen MR) is 176 cm³/mol. The van der Waals surface area contributed by atoms with E-state index in [0.717, 1.165) is 71.8 Å². The van der Waals surface area contributed by atoms with Gasteiger partial charge < -0.3 is 13.7 Å². The van der Waals surface area contributed by atoms with Gasteiger partial charge in [0, 0.05) is 56.3 Å². The number of benzene rings is 6. The smallest absolute Gasteiger partial charge is 0.137 e. The van der Waals surface area contributed by atoms with Crippen molar-refractivity contribution in [3.63, 3.8) is 0 Å². The average molecular weight is 553 g/mol. The number of hydrogen-bond acceptors (Lipinski definition) is 4. The van der Waals surface area contributed by atoms with E-state index in [1.54, 1.807) is 0 Å². The molecule has 0 aliphatic heterocycles. The molecule has 4 nitrogen and oxygen atoms in total. The summed E-state index contributed by atoms with van der Waals surface area (Å²) in [7, 11) is 0. The second-order valence-corrected chi connectivity index (χ2v) is 10.9. The van der Waals surface area contributed by atoms with Crippen molar-refractivity contribution < 1.29 is 8.83 Å². The van der Waals surface area contributed by atoms with Crippen molar-refractivity contribution in [1.29, 1.82) is 0 Å². The molecule has 43 heavy (non-hydrogen) atoms. The zero-order valence-corrected chi connectivity index (χ0v) is 23.1. The molecule has 0 spiro atoms. The van der Waals surface area contributed by atoms with E-state index in [9.17, 15) is 0 Å². The van der Waals surface area contributed by atoms with E-state index in [1.807, 2.05) is 36.5 Å². The summed E-state index contributed by atoms with van der Waals surface area (Å²) < 4.78 is 12.5. The lowest BCUT2D eigenvalue weighted by molar-refractivity contribution is 0.669. The molecule has 4 heteroatoms. The van der Waals surface area contributed by atoms with Crippen LogP contribution in [0.4, 0.5) is 17.1 Å². The number of para-hydroxylation sites is 1. The van der Waals surface area contributed by atoms with Crippen molar-refractivity contribution in [2.45, 2.75) is 0 Å². The third kappa shape index (κ3) is 3.88. The molecule has 0 radical (unpaired) electrons. The first-order valence-corrected chi connectivity index (χ1v) is 14.4. The van der Waals surface area contributed by atoms with Gasteiger partial charge in [0.1, 0.15) is 22.3 Å². The summed E-state index contributed by atoms with van der Waals surface area (Å²) in [5.74, 6) is 0. The zero-order valence-electron chi connectivity index (χ0n) is 23.1. The fourth-order valence-electron chi connectivity index (χ4n) is 6.21. The number of fused-ring (bicyclic) bond motifs is 7. The summed E-state index contributed by atoms with van der Waals surface area (Å²) in [6.45, 7) is 0. The van der Waals surface area contributed by atoms with E-state index in [2.05, 4.69) is 119 Å². The van der Waals surface area contributed by atoms with Gasteiger partial charge in [-0.2, -0.15) is 0 Å². The first kappa shape index (κ1) is 23.8. The van der Waals surface area contributed by atoms with E-state index >= 15 is 0 Å². The van der Waals surface area contributed by atoms with Crippen molar-refractivity contribution >= 4 is 71.8 Å². The minimum absolute atomic E-state index is 0.836. The van der Waals surface area contributed by atoms with Crippen LogP contribution in [0.5, 0.6) is 0 Å². The Hall–Kier alpha value is -5.87. The highest BCUT2D eigenvalue weighted by molar-refractivity contribution is 6.11. The molecule has 0 atom stereocenters. The van der Waals surface area contributed by atoms with E-state index in [4.69, 9.17) is 8.83 Å². The van der Waals surface area contributed by atoms with Crippen LogP contribution in [0, 0.1) is 0 Å². The number of furan rings is 2. The Labute approximate surface area is 247 Å². The highest BCUT2D eigenvalue weighted by Crippen LogP contribution is 2.41. The second kappa shape index (κ2) is 9.33. The Morgan fingerprint density at radius 1 is 0.419 bits per heavy atom. The molecule has 9 aromatic rings. The van der Waals surface area contributed by atoms with Crippen molar-refractivity contribution in [3.05, 3.63) is 146 Å². The molecule has 0 fully saturated rings. The van der Waals surface area contributed by atoms with Crippen LogP contribution in [-0.2, 0) is 0 Å². The summed E-state index contributed by atoms with van der Waals surface area (Å²) in [6, 6.07) is 48.6. The molecule has 0 aliphatic rings. The summed E-state index contributed by atoms with van der Waals surface area (Å²) in [6.07, 6.45) is 1.82. The van der Waals surface area contributed by atoms with Gasteiger partial charge in [0.2, 0.25) is 0 Å². The molecule has 6 aromatic carbocycles. The summed E-state index contributed by atoms with van der Waals surface area (Å²) in [5.41, 5.74) is 9.91. The minimum atomic E-state index is 0.836. The summed E-state index contributed by atoms with van der Waals surface area (Å²) in [4.78, 5) is 6.82. The molecule has 202 valence electrons. The van der Waals surface area contributed by atoms with Crippen LogP contribution >= 0.6 is 0 Å². The maximum absolute atomic E-state index is 6.30. The standard InChI is InChI=1S/C39H24N2O2/c1-2-7-25(8-3-1)26-12-14-28(15-13-26)41(29-16-18-37-33(22-29)31-10-4-5-11-36(31)42-37)30-17-19-38-34(23-30)32-21-27-9-6-20-40-35(27)24-39(32)43-38/h1-24H. The van der Waals surface area contributed by atoms with Crippen LogP contribution < -0.4 is 4.90 Å². The van der Waals surface area contributed by atoms with Crippen molar-refractivity contribution in [1.82, 2.24) is 4.98 Å². The van der Waals surface area contributed by atoms with E-state index in [1.165, 1.54) is 11.1 Å². The Kier molecular flexibility index (Phi) is 5.16. The maximum atomic E-state index is 6.30. The van der Waals surface area contributed by atoms with Crippen LogP contribution in [0.3, 0.4) is 0 Å².